The smallest absolute Gasteiger partial charge is 0.247 e. The molecule has 0 aliphatic carbocycles. The van der Waals surface area contributed by atoms with Gasteiger partial charge in [0, 0.05) is 38.0 Å². The SMILES string of the molecule is CCCc1cc(C)c(C2OC(CO)CC(O)C2O)cc1Cc1ccc(CC(C)C(C)(C)C(=O)NC(C)(C)C(=O)N2CCN(C)CC2)cc1C. The highest BCUT2D eigenvalue weighted by Gasteiger charge is 2.41. The Labute approximate surface area is 294 Å². The van der Waals surface area contributed by atoms with Gasteiger partial charge in [0.05, 0.1) is 18.8 Å². The number of likely N-dealkylation sites (N-methyl/N-ethyl adjacent to an activating group) is 1. The molecule has 272 valence electrons. The summed E-state index contributed by atoms with van der Waals surface area (Å²) in [5.74, 6) is -0.145. The number of carbonyl (C=O) groups excluding carboxylic acids is 2. The van der Waals surface area contributed by atoms with E-state index in [0.717, 1.165) is 54.6 Å². The molecule has 0 bridgehead atoms. The Morgan fingerprint density at radius 1 is 0.980 bits per heavy atom. The third-order valence-corrected chi connectivity index (χ3v) is 11.1. The van der Waals surface area contributed by atoms with Crippen molar-refractivity contribution in [2.75, 3.05) is 39.8 Å². The molecule has 5 unspecified atom stereocenters. The summed E-state index contributed by atoms with van der Waals surface area (Å²) >= 11 is 0. The largest absolute Gasteiger partial charge is 0.394 e. The molecule has 9 heteroatoms. The van der Waals surface area contributed by atoms with Crippen LogP contribution in [0.3, 0.4) is 0 Å². The Balaban J connectivity index is 1.48. The lowest BCUT2D eigenvalue weighted by Gasteiger charge is -2.39. The van der Waals surface area contributed by atoms with Gasteiger partial charge in [0.1, 0.15) is 17.7 Å². The summed E-state index contributed by atoms with van der Waals surface area (Å²) in [4.78, 5) is 31.1. The van der Waals surface area contributed by atoms with E-state index in [9.17, 15) is 24.9 Å². The van der Waals surface area contributed by atoms with Crippen LogP contribution >= 0.6 is 0 Å². The lowest BCUT2D eigenvalue weighted by atomic mass is 9.75. The minimum Gasteiger partial charge on any atom is -0.394 e. The zero-order valence-corrected chi connectivity index (χ0v) is 31.3. The quantitative estimate of drug-likeness (QED) is 0.265. The first-order chi connectivity index (χ1) is 23.0. The fourth-order valence-electron chi connectivity index (χ4n) is 7.16. The minimum atomic E-state index is -1.07. The molecule has 2 amide bonds. The molecule has 2 aliphatic heterocycles. The third kappa shape index (κ3) is 9.11. The molecule has 2 aromatic rings. The summed E-state index contributed by atoms with van der Waals surface area (Å²) in [5.41, 5.74) is 6.09. The number of hydrogen-bond acceptors (Lipinski definition) is 7. The normalized spacial score (nSPS) is 23.0. The van der Waals surface area contributed by atoms with Crippen LogP contribution in [0.2, 0.25) is 0 Å². The van der Waals surface area contributed by atoms with Crippen molar-refractivity contribution in [2.24, 2.45) is 11.3 Å². The molecular formula is C40H61N3O6. The number of aryl methyl sites for hydroxylation is 3. The Morgan fingerprint density at radius 3 is 2.27 bits per heavy atom. The van der Waals surface area contributed by atoms with Gasteiger partial charge in [0.15, 0.2) is 0 Å². The Hall–Kier alpha value is -2.82. The maximum absolute atomic E-state index is 13.7. The summed E-state index contributed by atoms with van der Waals surface area (Å²) in [5, 5.41) is 34.2. The van der Waals surface area contributed by atoms with E-state index in [0.29, 0.717) is 19.5 Å². The standard InChI is InChI=1S/C40H61N3O6/c1-10-11-30-19-26(3)33(36-35(46)34(45)23-32(24-44)49-36)22-31(30)21-29-13-12-28(18-25(29)2)20-27(4)39(5,6)37(47)41-40(7,8)38(48)43-16-14-42(9)15-17-43/h12-13,18-19,22,27,32,34-36,44-46H,10-11,14-17,20-21,23-24H2,1-9H3,(H,41,47). The Morgan fingerprint density at radius 2 is 1.65 bits per heavy atom. The Bertz CT molecular complexity index is 1460. The predicted octanol–water partition coefficient (Wildman–Crippen LogP) is 4.26. The highest BCUT2D eigenvalue weighted by molar-refractivity contribution is 5.92. The maximum Gasteiger partial charge on any atom is 0.247 e. The molecule has 9 nitrogen and oxygen atoms in total. The number of carbonyl (C=O) groups is 2. The van der Waals surface area contributed by atoms with Crippen LogP contribution in [0.4, 0.5) is 0 Å². The molecule has 0 saturated carbocycles. The molecule has 0 radical (unpaired) electrons. The van der Waals surface area contributed by atoms with E-state index >= 15 is 0 Å². The number of nitrogens with zero attached hydrogens (tertiary/aromatic N) is 2. The Kier molecular flexibility index (Phi) is 12.7. The minimum absolute atomic E-state index is 0.0168. The molecule has 5 atom stereocenters. The number of ether oxygens (including phenoxy) is 1. The van der Waals surface area contributed by atoms with Crippen LogP contribution in [0.15, 0.2) is 30.3 Å². The van der Waals surface area contributed by atoms with Gasteiger partial charge in [0.2, 0.25) is 11.8 Å². The predicted molar refractivity (Wildman–Crippen MR) is 193 cm³/mol. The maximum atomic E-state index is 13.7. The van der Waals surface area contributed by atoms with E-state index in [2.05, 4.69) is 68.4 Å². The highest BCUT2D eigenvalue weighted by atomic mass is 16.5. The van der Waals surface area contributed by atoms with Crippen molar-refractivity contribution in [2.45, 2.75) is 117 Å². The van der Waals surface area contributed by atoms with E-state index in [1.165, 1.54) is 16.7 Å². The highest BCUT2D eigenvalue weighted by Crippen LogP contribution is 2.36. The first-order valence-corrected chi connectivity index (χ1v) is 18.1. The number of piperazine rings is 1. The van der Waals surface area contributed by atoms with Crippen LogP contribution in [-0.2, 0) is 33.6 Å². The second kappa shape index (κ2) is 16.0. The molecule has 0 spiro atoms. The number of hydrogen-bond donors (Lipinski definition) is 4. The number of amides is 2. The van der Waals surface area contributed by atoms with Crippen LogP contribution in [0, 0.1) is 25.2 Å². The number of rotatable bonds is 12. The molecule has 2 fully saturated rings. The van der Waals surface area contributed by atoms with Crippen molar-refractivity contribution in [3.8, 4) is 0 Å². The second-order valence-corrected chi connectivity index (χ2v) is 15.8. The van der Waals surface area contributed by atoms with Crippen LogP contribution in [0.5, 0.6) is 0 Å². The summed E-state index contributed by atoms with van der Waals surface area (Å²) in [6, 6.07) is 10.8. The van der Waals surface area contributed by atoms with E-state index in [1.54, 1.807) is 13.8 Å². The topological polar surface area (TPSA) is 123 Å². The van der Waals surface area contributed by atoms with Gasteiger partial charge < -0.3 is 35.2 Å². The molecule has 2 heterocycles. The van der Waals surface area contributed by atoms with Gasteiger partial charge in [-0.2, -0.15) is 0 Å². The monoisotopic (exact) mass is 679 g/mol. The zero-order chi connectivity index (χ0) is 36.3. The third-order valence-electron chi connectivity index (χ3n) is 11.1. The molecule has 4 N–H and O–H groups in total. The average Bonchev–Trinajstić information content (AvgIpc) is 3.04. The van der Waals surface area contributed by atoms with E-state index in [-0.39, 0.29) is 30.8 Å². The van der Waals surface area contributed by atoms with Crippen LogP contribution < -0.4 is 5.32 Å². The lowest BCUT2D eigenvalue weighted by Crippen LogP contribution is -2.61. The van der Waals surface area contributed by atoms with E-state index in [4.69, 9.17) is 4.74 Å². The summed E-state index contributed by atoms with van der Waals surface area (Å²) < 4.78 is 6.07. The van der Waals surface area contributed by atoms with Crippen LogP contribution in [0.1, 0.15) is 99.4 Å². The van der Waals surface area contributed by atoms with E-state index in [1.807, 2.05) is 25.7 Å². The molecule has 0 aromatic heterocycles. The van der Waals surface area contributed by atoms with Crippen molar-refractivity contribution < 1.29 is 29.6 Å². The molecule has 2 aliphatic rings. The van der Waals surface area contributed by atoms with Gasteiger partial charge in [-0.1, -0.05) is 64.4 Å². The van der Waals surface area contributed by atoms with Crippen LogP contribution in [-0.4, -0.2) is 101 Å². The van der Waals surface area contributed by atoms with Gasteiger partial charge >= 0.3 is 0 Å². The summed E-state index contributed by atoms with van der Waals surface area (Å²) in [7, 11) is 2.05. The van der Waals surface area contributed by atoms with Gasteiger partial charge in [-0.25, -0.2) is 0 Å². The van der Waals surface area contributed by atoms with Crippen molar-refractivity contribution in [3.63, 3.8) is 0 Å². The average molecular weight is 680 g/mol. The number of aliphatic hydroxyl groups excluding tert-OH is 3. The fourth-order valence-corrected chi connectivity index (χ4v) is 7.16. The lowest BCUT2D eigenvalue weighted by molar-refractivity contribution is -0.179. The van der Waals surface area contributed by atoms with Crippen molar-refractivity contribution in [3.05, 3.63) is 69.3 Å². The summed E-state index contributed by atoms with van der Waals surface area (Å²) in [6.07, 6.45) is 0.299. The van der Waals surface area contributed by atoms with Gasteiger partial charge in [-0.15, -0.1) is 0 Å². The van der Waals surface area contributed by atoms with Crippen LogP contribution in [0.25, 0.3) is 0 Å². The first kappa shape index (κ1) is 39.0. The number of nitrogens with one attached hydrogen (secondary N) is 1. The fraction of sp³-hybridized carbons (Fsp3) is 0.650. The zero-order valence-electron chi connectivity index (χ0n) is 31.3. The molecule has 4 rings (SSSR count). The first-order valence-electron chi connectivity index (χ1n) is 18.1. The van der Waals surface area contributed by atoms with E-state index < -0.39 is 35.4 Å². The molecule has 49 heavy (non-hydrogen) atoms. The molecule has 2 aromatic carbocycles. The van der Waals surface area contributed by atoms with Crippen molar-refractivity contribution in [1.82, 2.24) is 15.1 Å². The van der Waals surface area contributed by atoms with Crippen molar-refractivity contribution in [1.29, 1.82) is 0 Å². The van der Waals surface area contributed by atoms with Gasteiger partial charge in [0.25, 0.3) is 0 Å². The van der Waals surface area contributed by atoms with Crippen molar-refractivity contribution >= 4 is 11.8 Å². The summed E-state index contributed by atoms with van der Waals surface area (Å²) in [6.45, 7) is 18.7. The molecular weight excluding hydrogens is 618 g/mol. The van der Waals surface area contributed by atoms with Gasteiger partial charge in [-0.05, 0) is 98.9 Å². The van der Waals surface area contributed by atoms with Gasteiger partial charge in [-0.3, -0.25) is 9.59 Å². The molecule has 2 saturated heterocycles. The number of aliphatic hydroxyl groups is 3. The second-order valence-electron chi connectivity index (χ2n) is 15.8. The number of benzene rings is 2.